The van der Waals surface area contributed by atoms with E-state index in [0.717, 1.165) is 16.7 Å². The minimum Gasteiger partial charge on any atom is -0.466 e. The average Bonchev–Trinajstić information content (AvgIpc) is 3.22. The second-order valence-electron chi connectivity index (χ2n) is 9.77. The highest BCUT2D eigenvalue weighted by molar-refractivity contribution is 5.88. The van der Waals surface area contributed by atoms with Crippen LogP contribution in [-0.4, -0.2) is 49.7 Å². The van der Waals surface area contributed by atoms with Crippen molar-refractivity contribution < 1.29 is 23.8 Å². The molecular weight excluding hydrogens is 466 g/mol. The number of nitrogens with zero attached hydrogens (tertiary/aromatic N) is 1. The molecule has 0 aliphatic heterocycles. The fourth-order valence-corrected chi connectivity index (χ4v) is 5.06. The number of carbonyl (C=O) groups excluding carboxylic acids is 2. The van der Waals surface area contributed by atoms with Gasteiger partial charge in [-0.2, -0.15) is 0 Å². The number of hydrogen-bond donors (Lipinski definition) is 0. The first kappa shape index (κ1) is 28.6. The molecule has 200 valence electrons. The lowest BCUT2D eigenvalue weighted by atomic mass is 9.86. The molecule has 1 atom stereocenters. The van der Waals surface area contributed by atoms with Crippen molar-refractivity contribution >= 4 is 11.9 Å². The van der Waals surface area contributed by atoms with Gasteiger partial charge in [0.25, 0.3) is 0 Å². The van der Waals surface area contributed by atoms with Gasteiger partial charge in [-0.15, -0.1) is 0 Å². The smallest absolute Gasteiger partial charge is 0.306 e. The van der Waals surface area contributed by atoms with E-state index in [2.05, 4.69) is 0 Å². The van der Waals surface area contributed by atoms with Crippen molar-refractivity contribution in [3.8, 4) is 0 Å². The van der Waals surface area contributed by atoms with Gasteiger partial charge >= 0.3 is 5.97 Å². The summed E-state index contributed by atoms with van der Waals surface area (Å²) >= 11 is 0. The lowest BCUT2D eigenvalue weighted by molar-refractivity contribution is -0.144. The van der Waals surface area contributed by atoms with Gasteiger partial charge < -0.3 is 19.1 Å². The first-order valence-electron chi connectivity index (χ1n) is 13.4. The summed E-state index contributed by atoms with van der Waals surface area (Å²) in [5.41, 5.74) is 2.86. The van der Waals surface area contributed by atoms with Crippen LogP contribution >= 0.6 is 0 Å². The van der Waals surface area contributed by atoms with E-state index in [1.165, 1.54) is 0 Å². The molecule has 1 aliphatic rings. The lowest BCUT2D eigenvalue weighted by Crippen LogP contribution is -2.30. The van der Waals surface area contributed by atoms with Crippen LogP contribution in [0.5, 0.6) is 0 Å². The summed E-state index contributed by atoms with van der Waals surface area (Å²) in [7, 11) is 0. The van der Waals surface area contributed by atoms with Crippen molar-refractivity contribution in [2.45, 2.75) is 53.2 Å². The predicted molar refractivity (Wildman–Crippen MR) is 145 cm³/mol. The number of likely N-dealkylation sites (N-methyl/N-ethyl adjacent to an activating group) is 1. The number of esters is 1. The monoisotopic (exact) mass is 507 g/mol. The van der Waals surface area contributed by atoms with Crippen molar-refractivity contribution in [1.82, 2.24) is 4.90 Å². The third-order valence-electron chi connectivity index (χ3n) is 6.92. The fourth-order valence-electron chi connectivity index (χ4n) is 5.06. The maximum Gasteiger partial charge on any atom is 0.306 e. The van der Waals surface area contributed by atoms with Crippen LogP contribution in [0.4, 0.5) is 0 Å². The van der Waals surface area contributed by atoms with Gasteiger partial charge in [-0.3, -0.25) is 9.59 Å². The molecular formula is C31H41NO5. The van der Waals surface area contributed by atoms with Crippen LogP contribution in [0.1, 0.15) is 51.2 Å². The summed E-state index contributed by atoms with van der Waals surface area (Å²) in [5.74, 6) is -0.334. The number of allylic oxidation sites excluding steroid dienone is 1. The zero-order chi connectivity index (χ0) is 26.5. The zero-order valence-corrected chi connectivity index (χ0v) is 22.5. The van der Waals surface area contributed by atoms with Gasteiger partial charge in [-0.1, -0.05) is 66.2 Å². The molecule has 0 heterocycles. The maximum atomic E-state index is 13.0. The van der Waals surface area contributed by atoms with E-state index in [4.69, 9.17) is 14.2 Å². The lowest BCUT2D eigenvalue weighted by Gasteiger charge is -2.29. The Balaban J connectivity index is 1.80. The third-order valence-corrected chi connectivity index (χ3v) is 6.92. The largest absolute Gasteiger partial charge is 0.466 e. The first-order valence-corrected chi connectivity index (χ1v) is 13.4. The molecule has 0 spiro atoms. The van der Waals surface area contributed by atoms with E-state index in [9.17, 15) is 9.59 Å². The van der Waals surface area contributed by atoms with Gasteiger partial charge in [-0.25, -0.2) is 0 Å². The van der Waals surface area contributed by atoms with E-state index < -0.39 is 0 Å². The highest BCUT2D eigenvalue weighted by Gasteiger charge is 2.44. The number of ether oxygens (including phenoxy) is 3. The van der Waals surface area contributed by atoms with E-state index >= 15 is 0 Å². The van der Waals surface area contributed by atoms with Crippen LogP contribution in [0.3, 0.4) is 0 Å². The van der Waals surface area contributed by atoms with E-state index in [0.29, 0.717) is 59.0 Å². The van der Waals surface area contributed by atoms with Crippen LogP contribution in [0, 0.1) is 11.3 Å². The average molecular weight is 508 g/mol. The van der Waals surface area contributed by atoms with E-state index in [-0.39, 0.29) is 29.6 Å². The minimum absolute atomic E-state index is 0.0138. The standard InChI is InChI=1S/C31H41NO5/c1-4-32(5-2)29(33)17-27-19-31(20-28(27)18-30(34)37-6-3,23-35-21-25-13-9-7-10-14-25)24-36-22-26-15-11-8-12-16-26/h7-17,28H,4-6,18-24H2,1-3H3/b27-17-. The Morgan fingerprint density at radius 1 is 0.892 bits per heavy atom. The summed E-state index contributed by atoms with van der Waals surface area (Å²) in [6.45, 7) is 9.36. The second kappa shape index (κ2) is 14.7. The minimum atomic E-state index is -0.337. The Kier molecular flexibility index (Phi) is 11.4. The number of rotatable bonds is 14. The van der Waals surface area contributed by atoms with Gasteiger partial charge in [-0.05, 0) is 50.7 Å². The summed E-state index contributed by atoms with van der Waals surface area (Å²) in [4.78, 5) is 27.3. The Morgan fingerprint density at radius 3 is 1.92 bits per heavy atom. The van der Waals surface area contributed by atoms with Crippen LogP contribution < -0.4 is 0 Å². The van der Waals surface area contributed by atoms with Crippen molar-refractivity contribution in [2.24, 2.45) is 11.3 Å². The number of carbonyl (C=O) groups is 2. The Hall–Kier alpha value is -2.96. The molecule has 6 nitrogen and oxygen atoms in total. The van der Waals surface area contributed by atoms with E-state index in [1.54, 1.807) is 11.0 Å². The van der Waals surface area contributed by atoms with Crippen molar-refractivity contribution in [2.75, 3.05) is 32.9 Å². The molecule has 2 aromatic carbocycles. The summed E-state index contributed by atoms with van der Waals surface area (Å²) in [6.07, 6.45) is 3.35. The molecule has 6 heteroatoms. The fraction of sp³-hybridized carbons (Fsp3) is 0.484. The van der Waals surface area contributed by atoms with Gasteiger partial charge in [0.05, 0.1) is 39.5 Å². The third kappa shape index (κ3) is 8.83. The van der Waals surface area contributed by atoms with Crippen LogP contribution in [0.15, 0.2) is 72.3 Å². The molecule has 1 fully saturated rings. The zero-order valence-electron chi connectivity index (χ0n) is 22.5. The van der Waals surface area contributed by atoms with Crippen LogP contribution in [-0.2, 0) is 37.0 Å². The highest BCUT2D eigenvalue weighted by atomic mass is 16.5. The van der Waals surface area contributed by atoms with Gasteiger partial charge in [0.15, 0.2) is 0 Å². The molecule has 2 aromatic rings. The molecule has 0 N–H and O–H groups in total. The molecule has 1 aliphatic carbocycles. The molecule has 1 saturated carbocycles. The van der Waals surface area contributed by atoms with Crippen LogP contribution in [0.2, 0.25) is 0 Å². The molecule has 37 heavy (non-hydrogen) atoms. The quantitative estimate of drug-likeness (QED) is 0.247. The topological polar surface area (TPSA) is 65.1 Å². The van der Waals surface area contributed by atoms with Crippen molar-refractivity contribution in [3.63, 3.8) is 0 Å². The first-order chi connectivity index (χ1) is 18.0. The summed E-state index contributed by atoms with van der Waals surface area (Å²) < 4.78 is 17.7. The van der Waals surface area contributed by atoms with Crippen LogP contribution in [0.25, 0.3) is 0 Å². The van der Waals surface area contributed by atoms with Crippen molar-refractivity contribution in [3.05, 3.63) is 83.4 Å². The van der Waals surface area contributed by atoms with Crippen molar-refractivity contribution in [1.29, 1.82) is 0 Å². The summed E-state index contributed by atoms with van der Waals surface area (Å²) in [5, 5.41) is 0. The molecule has 0 aromatic heterocycles. The Labute approximate surface area is 221 Å². The van der Waals surface area contributed by atoms with Gasteiger partial charge in [0.1, 0.15) is 0 Å². The summed E-state index contributed by atoms with van der Waals surface area (Å²) in [6, 6.07) is 20.2. The Morgan fingerprint density at radius 2 is 1.43 bits per heavy atom. The molecule has 0 saturated heterocycles. The molecule has 1 unspecified atom stereocenters. The SMILES string of the molecule is CCOC(=O)CC1CC(COCc2ccccc2)(COCc2ccccc2)C/C1=C/C(=O)N(CC)CC. The molecule has 0 radical (unpaired) electrons. The maximum absolute atomic E-state index is 13.0. The second-order valence-corrected chi connectivity index (χ2v) is 9.77. The molecule has 0 bridgehead atoms. The number of amides is 1. The normalized spacial score (nSPS) is 17.6. The molecule has 1 amide bonds. The predicted octanol–water partition coefficient (Wildman–Crippen LogP) is 5.56. The van der Waals surface area contributed by atoms with Gasteiger partial charge in [0.2, 0.25) is 5.91 Å². The number of benzene rings is 2. The number of hydrogen-bond acceptors (Lipinski definition) is 5. The molecule has 3 rings (SSSR count). The van der Waals surface area contributed by atoms with Gasteiger partial charge in [0, 0.05) is 24.6 Å². The Bertz CT molecular complexity index is 955. The highest BCUT2D eigenvalue weighted by Crippen LogP contribution is 2.48. The van der Waals surface area contributed by atoms with E-state index in [1.807, 2.05) is 81.4 Å².